The molecular weight excluding hydrogens is 216 g/mol. The van der Waals surface area contributed by atoms with Gasteiger partial charge in [-0.15, -0.1) is 0 Å². The van der Waals surface area contributed by atoms with Gasteiger partial charge in [-0.1, -0.05) is 18.2 Å². The minimum atomic E-state index is 0.127. The summed E-state index contributed by atoms with van der Waals surface area (Å²) in [6, 6.07) is 9.86. The number of anilines is 1. The summed E-state index contributed by atoms with van der Waals surface area (Å²) in [6.07, 6.45) is 1.22. The van der Waals surface area contributed by atoms with Gasteiger partial charge >= 0.3 is 0 Å². The summed E-state index contributed by atoms with van der Waals surface area (Å²) < 4.78 is 0. The summed E-state index contributed by atoms with van der Waals surface area (Å²) in [5.41, 5.74) is 0.903. The fraction of sp³-hybridized carbons (Fsp3) is 0.462. The van der Waals surface area contributed by atoms with E-state index in [4.69, 9.17) is 5.11 Å². The lowest BCUT2D eigenvalue weighted by Gasteiger charge is -2.30. The molecule has 1 N–H and O–H groups in total. The molecular formula is C13H18N2O2. The molecule has 92 valence electrons. The van der Waals surface area contributed by atoms with Gasteiger partial charge in [0.15, 0.2) is 0 Å². The van der Waals surface area contributed by atoms with Crippen LogP contribution in [0.15, 0.2) is 30.3 Å². The first-order chi connectivity index (χ1) is 8.24. The predicted molar refractivity (Wildman–Crippen MR) is 66.4 cm³/mol. The molecule has 1 saturated heterocycles. The molecule has 0 radical (unpaired) electrons. The van der Waals surface area contributed by atoms with Crippen LogP contribution >= 0.6 is 0 Å². The molecule has 1 aromatic rings. The third-order valence-corrected chi connectivity index (χ3v) is 3.02. The Morgan fingerprint density at radius 1 is 1.35 bits per heavy atom. The van der Waals surface area contributed by atoms with Crippen molar-refractivity contribution < 1.29 is 9.90 Å². The van der Waals surface area contributed by atoms with E-state index < -0.39 is 0 Å². The maximum atomic E-state index is 12.0. The van der Waals surface area contributed by atoms with Gasteiger partial charge in [0.05, 0.1) is 5.69 Å². The van der Waals surface area contributed by atoms with Crippen LogP contribution in [0.25, 0.3) is 0 Å². The highest BCUT2D eigenvalue weighted by Gasteiger charge is 2.35. The van der Waals surface area contributed by atoms with E-state index in [1.54, 1.807) is 5.01 Å². The molecule has 17 heavy (non-hydrogen) atoms. The number of amides is 1. The summed E-state index contributed by atoms with van der Waals surface area (Å²) in [7, 11) is 0. The van der Waals surface area contributed by atoms with Crippen molar-refractivity contribution in [2.45, 2.75) is 25.8 Å². The summed E-state index contributed by atoms with van der Waals surface area (Å²) in [6.45, 7) is 2.90. The second-order valence-corrected chi connectivity index (χ2v) is 4.33. The van der Waals surface area contributed by atoms with E-state index >= 15 is 0 Å². The van der Waals surface area contributed by atoms with E-state index in [-0.39, 0.29) is 18.6 Å². The molecule has 0 aliphatic carbocycles. The van der Waals surface area contributed by atoms with Crippen molar-refractivity contribution in [2.75, 3.05) is 18.2 Å². The molecule has 0 bridgehead atoms. The SMILES string of the molecule is CC1CC(=O)N(c2ccccc2)N1CCCO. The Morgan fingerprint density at radius 3 is 2.71 bits per heavy atom. The summed E-state index contributed by atoms with van der Waals surface area (Å²) in [5, 5.41) is 12.7. The van der Waals surface area contributed by atoms with E-state index in [2.05, 4.69) is 0 Å². The number of hydrogen-bond acceptors (Lipinski definition) is 3. The number of nitrogens with zero attached hydrogens (tertiary/aromatic N) is 2. The fourth-order valence-corrected chi connectivity index (χ4v) is 2.20. The Bertz CT molecular complexity index is 380. The number of rotatable bonds is 4. The second-order valence-electron chi connectivity index (χ2n) is 4.33. The molecule has 0 aromatic heterocycles. The van der Waals surface area contributed by atoms with Crippen LogP contribution in [0.3, 0.4) is 0 Å². The highest BCUT2D eigenvalue weighted by Crippen LogP contribution is 2.26. The standard InChI is InChI=1S/C13H18N2O2/c1-11-10-13(17)15(14(11)8-5-9-16)12-6-3-2-4-7-12/h2-4,6-7,11,16H,5,8-10H2,1H3. The van der Waals surface area contributed by atoms with Crippen LogP contribution in [0.4, 0.5) is 5.69 Å². The predicted octanol–water partition coefficient (Wildman–Crippen LogP) is 1.41. The second kappa shape index (κ2) is 5.29. The largest absolute Gasteiger partial charge is 0.396 e. The maximum absolute atomic E-state index is 12.0. The monoisotopic (exact) mass is 234 g/mol. The first-order valence-corrected chi connectivity index (χ1v) is 5.99. The summed E-state index contributed by atoms with van der Waals surface area (Å²) in [4.78, 5) is 12.0. The van der Waals surface area contributed by atoms with Gasteiger partial charge in [0.1, 0.15) is 0 Å². The minimum Gasteiger partial charge on any atom is -0.396 e. The van der Waals surface area contributed by atoms with Crippen molar-refractivity contribution in [3.05, 3.63) is 30.3 Å². The Hall–Kier alpha value is -1.39. The van der Waals surface area contributed by atoms with E-state index in [9.17, 15) is 4.79 Å². The third kappa shape index (κ3) is 2.48. The highest BCUT2D eigenvalue weighted by atomic mass is 16.3. The number of para-hydroxylation sites is 1. The zero-order chi connectivity index (χ0) is 12.3. The van der Waals surface area contributed by atoms with Gasteiger partial charge in [0.25, 0.3) is 0 Å². The molecule has 1 unspecified atom stereocenters. The molecule has 1 amide bonds. The van der Waals surface area contributed by atoms with Crippen molar-refractivity contribution in [1.82, 2.24) is 5.01 Å². The highest BCUT2D eigenvalue weighted by molar-refractivity contribution is 5.94. The van der Waals surface area contributed by atoms with Gasteiger partial charge < -0.3 is 5.11 Å². The average Bonchev–Trinajstić information content (AvgIpc) is 2.62. The molecule has 2 rings (SSSR count). The summed E-state index contributed by atoms with van der Waals surface area (Å²) in [5.74, 6) is 0.127. The quantitative estimate of drug-likeness (QED) is 0.856. The molecule has 0 saturated carbocycles. The fourth-order valence-electron chi connectivity index (χ4n) is 2.20. The zero-order valence-electron chi connectivity index (χ0n) is 10.0. The van der Waals surface area contributed by atoms with Crippen LogP contribution < -0.4 is 5.01 Å². The Kier molecular flexibility index (Phi) is 3.76. The molecule has 1 heterocycles. The number of carbonyl (C=O) groups is 1. The summed E-state index contributed by atoms with van der Waals surface area (Å²) >= 11 is 0. The van der Waals surface area contributed by atoms with Crippen molar-refractivity contribution in [3.63, 3.8) is 0 Å². The molecule has 4 heteroatoms. The minimum absolute atomic E-state index is 0.127. The maximum Gasteiger partial charge on any atom is 0.243 e. The van der Waals surface area contributed by atoms with Gasteiger partial charge in [-0.05, 0) is 25.5 Å². The Balaban J connectivity index is 2.20. The molecule has 4 nitrogen and oxygen atoms in total. The van der Waals surface area contributed by atoms with Crippen molar-refractivity contribution in [3.8, 4) is 0 Å². The lowest BCUT2D eigenvalue weighted by atomic mass is 10.2. The Morgan fingerprint density at radius 2 is 2.06 bits per heavy atom. The smallest absolute Gasteiger partial charge is 0.243 e. The lowest BCUT2D eigenvalue weighted by molar-refractivity contribution is -0.118. The van der Waals surface area contributed by atoms with Gasteiger partial charge in [0.2, 0.25) is 5.91 Å². The zero-order valence-corrected chi connectivity index (χ0v) is 10.0. The number of benzene rings is 1. The van der Waals surface area contributed by atoms with Crippen LogP contribution in [0.2, 0.25) is 0 Å². The van der Waals surface area contributed by atoms with E-state index in [0.717, 1.165) is 5.69 Å². The van der Waals surface area contributed by atoms with Gasteiger partial charge in [-0.25, -0.2) is 10.0 Å². The van der Waals surface area contributed by atoms with Crippen molar-refractivity contribution in [1.29, 1.82) is 0 Å². The third-order valence-electron chi connectivity index (χ3n) is 3.02. The average molecular weight is 234 g/mol. The van der Waals surface area contributed by atoms with Crippen LogP contribution in [0, 0.1) is 0 Å². The Labute approximate surface area is 101 Å². The topological polar surface area (TPSA) is 43.8 Å². The first kappa shape index (κ1) is 12.1. The van der Waals surface area contributed by atoms with Crippen LogP contribution in [0.5, 0.6) is 0 Å². The molecule has 0 spiro atoms. The van der Waals surface area contributed by atoms with Crippen LogP contribution in [-0.2, 0) is 4.79 Å². The lowest BCUT2D eigenvalue weighted by Crippen LogP contribution is -2.42. The number of hydrogen-bond donors (Lipinski definition) is 1. The van der Waals surface area contributed by atoms with Crippen molar-refractivity contribution >= 4 is 11.6 Å². The normalized spacial score (nSPS) is 21.2. The van der Waals surface area contributed by atoms with E-state index in [1.807, 2.05) is 42.3 Å². The van der Waals surface area contributed by atoms with Crippen LogP contribution in [0.1, 0.15) is 19.8 Å². The molecule has 1 atom stereocenters. The number of hydrazine groups is 1. The molecule has 1 aliphatic heterocycles. The van der Waals surface area contributed by atoms with Gasteiger partial charge in [-0.3, -0.25) is 4.79 Å². The first-order valence-electron chi connectivity index (χ1n) is 5.99. The van der Waals surface area contributed by atoms with E-state index in [0.29, 0.717) is 19.4 Å². The van der Waals surface area contributed by atoms with Crippen LogP contribution in [-0.4, -0.2) is 35.2 Å². The molecule has 1 aliphatic rings. The number of aliphatic hydroxyl groups excluding tert-OH is 1. The molecule has 1 fully saturated rings. The van der Waals surface area contributed by atoms with Gasteiger partial charge in [0, 0.05) is 25.6 Å². The van der Waals surface area contributed by atoms with Gasteiger partial charge in [-0.2, -0.15) is 0 Å². The molecule has 1 aromatic carbocycles. The van der Waals surface area contributed by atoms with Crippen molar-refractivity contribution in [2.24, 2.45) is 0 Å². The number of carbonyl (C=O) groups excluding carboxylic acids is 1. The number of aliphatic hydroxyl groups is 1. The van der Waals surface area contributed by atoms with E-state index in [1.165, 1.54) is 0 Å².